The lowest BCUT2D eigenvalue weighted by molar-refractivity contribution is -0.187. The van der Waals surface area contributed by atoms with Crippen molar-refractivity contribution in [2.45, 2.75) is 25.0 Å². The molecule has 1 N–H and O–H groups in total. The minimum absolute atomic E-state index is 0.169. The van der Waals surface area contributed by atoms with Crippen LogP contribution in [-0.4, -0.2) is 48.8 Å². The second kappa shape index (κ2) is 6.86. The van der Waals surface area contributed by atoms with E-state index in [2.05, 4.69) is 5.32 Å². The first-order valence-corrected chi connectivity index (χ1v) is 8.05. The van der Waals surface area contributed by atoms with Crippen LogP contribution >= 0.6 is 11.6 Å². The van der Waals surface area contributed by atoms with Gasteiger partial charge >= 0.3 is 0 Å². The van der Waals surface area contributed by atoms with Crippen molar-refractivity contribution in [3.05, 3.63) is 29.3 Å². The monoisotopic (exact) mass is 338 g/mol. The van der Waals surface area contributed by atoms with Gasteiger partial charge in [-0.15, -0.1) is 0 Å². The molecule has 0 unspecified atom stereocenters. The summed E-state index contributed by atoms with van der Waals surface area (Å²) in [5, 5.41) is 3.29. The summed E-state index contributed by atoms with van der Waals surface area (Å²) in [6.45, 7) is 2.31. The largest absolute Gasteiger partial charge is 0.347 e. The number of halogens is 1. The quantitative estimate of drug-likeness (QED) is 0.856. The zero-order valence-corrected chi connectivity index (χ0v) is 13.5. The topological polar surface area (TPSA) is 67.9 Å². The summed E-state index contributed by atoms with van der Waals surface area (Å²) < 4.78 is 11.3. The summed E-state index contributed by atoms with van der Waals surface area (Å²) in [5.74, 6) is -1.02. The van der Waals surface area contributed by atoms with Crippen LogP contribution in [0.5, 0.6) is 0 Å². The molecule has 23 heavy (non-hydrogen) atoms. The Hall–Kier alpha value is -1.63. The average molecular weight is 339 g/mol. The van der Waals surface area contributed by atoms with Gasteiger partial charge in [0.05, 0.1) is 13.2 Å². The number of amides is 2. The Kier molecular flexibility index (Phi) is 4.84. The Morgan fingerprint density at radius 1 is 1.13 bits per heavy atom. The Labute approximate surface area is 139 Å². The number of carbonyl (C=O) groups is 2. The fraction of sp³-hybridized carbons (Fsp3) is 0.500. The molecule has 6 nitrogen and oxygen atoms in total. The standard InChI is InChI=1S/C16H19ClN2O4/c17-12-1-3-13(4-2-12)18-14(20)11-15(21)19-7-5-16(6-8-19)22-9-10-23-16/h1-4H,5-11H2,(H,18,20). The number of rotatable bonds is 3. The molecule has 0 atom stereocenters. The number of hydrogen-bond donors (Lipinski definition) is 1. The van der Waals surface area contributed by atoms with Crippen LogP contribution in [-0.2, 0) is 19.1 Å². The molecule has 2 fully saturated rings. The Balaban J connectivity index is 1.47. The van der Waals surface area contributed by atoms with Gasteiger partial charge in [0.1, 0.15) is 6.42 Å². The highest BCUT2D eigenvalue weighted by molar-refractivity contribution is 6.30. The number of ether oxygens (including phenoxy) is 2. The molecule has 0 saturated carbocycles. The molecule has 3 rings (SSSR count). The lowest BCUT2D eigenvalue weighted by Gasteiger charge is -2.37. The number of piperidine rings is 1. The zero-order chi connectivity index (χ0) is 16.3. The summed E-state index contributed by atoms with van der Waals surface area (Å²) in [6, 6.07) is 6.77. The van der Waals surface area contributed by atoms with E-state index in [1.165, 1.54) is 0 Å². The molecule has 7 heteroatoms. The van der Waals surface area contributed by atoms with Gasteiger partial charge in [0.25, 0.3) is 0 Å². The van der Waals surface area contributed by atoms with Gasteiger partial charge in [0.15, 0.2) is 5.79 Å². The van der Waals surface area contributed by atoms with Crippen molar-refractivity contribution in [1.29, 1.82) is 0 Å². The number of benzene rings is 1. The van der Waals surface area contributed by atoms with Crippen molar-refractivity contribution in [1.82, 2.24) is 4.90 Å². The van der Waals surface area contributed by atoms with Crippen molar-refractivity contribution in [3.63, 3.8) is 0 Å². The first-order chi connectivity index (χ1) is 11.1. The highest BCUT2D eigenvalue weighted by atomic mass is 35.5. The molecule has 2 aliphatic rings. The molecule has 2 saturated heterocycles. The fourth-order valence-corrected chi connectivity index (χ4v) is 3.00. The summed E-state index contributed by atoms with van der Waals surface area (Å²) in [5.41, 5.74) is 0.623. The molecule has 2 heterocycles. The normalized spacial score (nSPS) is 19.8. The van der Waals surface area contributed by atoms with Gasteiger partial charge in [-0.2, -0.15) is 0 Å². The number of hydrogen-bond acceptors (Lipinski definition) is 4. The number of nitrogens with one attached hydrogen (secondary N) is 1. The Morgan fingerprint density at radius 3 is 2.35 bits per heavy atom. The number of carbonyl (C=O) groups excluding carboxylic acids is 2. The second-order valence-electron chi connectivity index (χ2n) is 5.72. The van der Waals surface area contributed by atoms with Crippen LogP contribution in [0.25, 0.3) is 0 Å². The second-order valence-corrected chi connectivity index (χ2v) is 6.16. The van der Waals surface area contributed by atoms with Crippen LogP contribution in [0.1, 0.15) is 19.3 Å². The number of likely N-dealkylation sites (tertiary alicyclic amines) is 1. The van der Waals surface area contributed by atoms with Gasteiger partial charge in [-0.1, -0.05) is 11.6 Å². The number of nitrogens with zero attached hydrogens (tertiary/aromatic N) is 1. The van der Waals surface area contributed by atoms with E-state index in [9.17, 15) is 9.59 Å². The third-order valence-electron chi connectivity index (χ3n) is 4.13. The van der Waals surface area contributed by atoms with Crippen molar-refractivity contribution in [2.75, 3.05) is 31.6 Å². The highest BCUT2D eigenvalue weighted by Gasteiger charge is 2.40. The predicted octanol–water partition coefficient (Wildman–Crippen LogP) is 2.03. The average Bonchev–Trinajstić information content (AvgIpc) is 2.98. The van der Waals surface area contributed by atoms with Gasteiger partial charge in [-0.25, -0.2) is 0 Å². The van der Waals surface area contributed by atoms with Crippen LogP contribution in [0.3, 0.4) is 0 Å². The van der Waals surface area contributed by atoms with Crippen LogP contribution in [0.4, 0.5) is 5.69 Å². The van der Waals surface area contributed by atoms with Crippen molar-refractivity contribution >= 4 is 29.1 Å². The number of anilines is 1. The SMILES string of the molecule is O=C(CC(=O)N1CCC2(CC1)OCCO2)Nc1ccc(Cl)cc1. The minimum atomic E-state index is -0.512. The van der Waals surface area contributed by atoms with Crippen LogP contribution < -0.4 is 5.32 Å². The first-order valence-electron chi connectivity index (χ1n) is 7.67. The lowest BCUT2D eigenvalue weighted by atomic mass is 10.0. The summed E-state index contributed by atoms with van der Waals surface area (Å²) >= 11 is 5.79. The third-order valence-corrected chi connectivity index (χ3v) is 4.38. The van der Waals surface area contributed by atoms with Crippen molar-refractivity contribution < 1.29 is 19.1 Å². The molecule has 1 spiro atoms. The molecule has 2 amide bonds. The van der Waals surface area contributed by atoms with Gasteiger partial charge < -0.3 is 19.7 Å². The van der Waals surface area contributed by atoms with Gasteiger partial charge in [-0.05, 0) is 24.3 Å². The maximum atomic E-state index is 12.2. The van der Waals surface area contributed by atoms with E-state index in [4.69, 9.17) is 21.1 Å². The fourth-order valence-electron chi connectivity index (χ4n) is 2.87. The molecule has 1 aromatic carbocycles. The van der Waals surface area contributed by atoms with Crippen molar-refractivity contribution in [2.24, 2.45) is 0 Å². The van der Waals surface area contributed by atoms with E-state index in [-0.39, 0.29) is 18.2 Å². The Bertz CT molecular complexity index is 574. The minimum Gasteiger partial charge on any atom is -0.347 e. The maximum absolute atomic E-state index is 12.2. The van der Waals surface area contributed by atoms with Gasteiger partial charge in [0, 0.05) is 36.6 Å². The molecule has 0 radical (unpaired) electrons. The van der Waals surface area contributed by atoms with Crippen LogP contribution in [0.15, 0.2) is 24.3 Å². The molecular weight excluding hydrogens is 320 g/mol. The van der Waals surface area contributed by atoms with E-state index < -0.39 is 5.79 Å². The molecule has 1 aromatic rings. The molecule has 0 bridgehead atoms. The highest BCUT2D eigenvalue weighted by Crippen LogP contribution is 2.31. The molecule has 0 aliphatic carbocycles. The lowest BCUT2D eigenvalue weighted by Crippen LogP contribution is -2.47. The van der Waals surface area contributed by atoms with E-state index in [1.807, 2.05) is 0 Å². The van der Waals surface area contributed by atoms with E-state index in [1.54, 1.807) is 29.2 Å². The zero-order valence-electron chi connectivity index (χ0n) is 12.7. The van der Waals surface area contributed by atoms with Crippen LogP contribution in [0.2, 0.25) is 5.02 Å². The predicted molar refractivity (Wildman–Crippen MR) is 85.1 cm³/mol. The smallest absolute Gasteiger partial charge is 0.233 e. The van der Waals surface area contributed by atoms with Crippen LogP contribution in [0, 0.1) is 0 Å². The van der Waals surface area contributed by atoms with E-state index in [0.717, 1.165) is 0 Å². The molecule has 0 aromatic heterocycles. The third kappa shape index (κ3) is 4.02. The summed E-state index contributed by atoms with van der Waals surface area (Å²) in [6.07, 6.45) is 1.13. The summed E-state index contributed by atoms with van der Waals surface area (Å²) in [7, 11) is 0. The summed E-state index contributed by atoms with van der Waals surface area (Å²) in [4.78, 5) is 25.9. The molecule has 2 aliphatic heterocycles. The first kappa shape index (κ1) is 16.2. The molecule has 124 valence electrons. The maximum Gasteiger partial charge on any atom is 0.233 e. The van der Waals surface area contributed by atoms with E-state index in [0.29, 0.717) is 49.9 Å². The van der Waals surface area contributed by atoms with E-state index >= 15 is 0 Å². The van der Waals surface area contributed by atoms with Gasteiger partial charge in [-0.3, -0.25) is 9.59 Å². The molecular formula is C16H19ClN2O4. The van der Waals surface area contributed by atoms with Crippen molar-refractivity contribution in [3.8, 4) is 0 Å². The van der Waals surface area contributed by atoms with Gasteiger partial charge in [0.2, 0.25) is 11.8 Å². The Morgan fingerprint density at radius 2 is 1.74 bits per heavy atom.